The highest BCUT2D eigenvalue weighted by atomic mass is 16.5. The van der Waals surface area contributed by atoms with Crippen LogP contribution >= 0.6 is 0 Å². The molecule has 6 heteroatoms. The van der Waals surface area contributed by atoms with E-state index in [0.29, 0.717) is 0 Å². The summed E-state index contributed by atoms with van der Waals surface area (Å²) in [5.41, 5.74) is 1.19. The summed E-state index contributed by atoms with van der Waals surface area (Å²) in [6, 6.07) is 6.12. The molecular weight excluding hydrogens is 306 g/mol. The SMILES string of the molecule is COc1ccc(CN2CCN(C(=O)NCC3CC3)CC2)cc1OC. The average Bonchev–Trinajstić information content (AvgIpc) is 3.44. The number of carbonyl (C=O) groups is 1. The maximum Gasteiger partial charge on any atom is 0.317 e. The number of benzene rings is 1. The van der Waals surface area contributed by atoms with E-state index in [2.05, 4.69) is 16.3 Å². The van der Waals surface area contributed by atoms with Crippen LogP contribution in [0.1, 0.15) is 18.4 Å². The zero-order valence-corrected chi connectivity index (χ0v) is 14.6. The van der Waals surface area contributed by atoms with Crippen molar-refractivity contribution in [3.63, 3.8) is 0 Å². The number of urea groups is 1. The molecule has 2 aliphatic rings. The Labute approximate surface area is 143 Å². The Balaban J connectivity index is 1.47. The molecule has 24 heavy (non-hydrogen) atoms. The predicted molar refractivity (Wildman–Crippen MR) is 92.5 cm³/mol. The number of rotatable bonds is 6. The van der Waals surface area contributed by atoms with Crippen LogP contribution in [0.25, 0.3) is 0 Å². The number of carbonyl (C=O) groups excluding carboxylic acids is 1. The number of ether oxygens (including phenoxy) is 2. The maximum absolute atomic E-state index is 12.1. The lowest BCUT2D eigenvalue weighted by Crippen LogP contribution is -2.51. The molecule has 0 unspecified atom stereocenters. The van der Waals surface area contributed by atoms with Crippen molar-refractivity contribution in [1.29, 1.82) is 0 Å². The molecule has 0 atom stereocenters. The molecule has 0 aromatic heterocycles. The highest BCUT2D eigenvalue weighted by molar-refractivity contribution is 5.74. The zero-order valence-electron chi connectivity index (χ0n) is 14.6. The molecule has 2 fully saturated rings. The van der Waals surface area contributed by atoms with Crippen molar-refractivity contribution in [2.75, 3.05) is 46.9 Å². The fourth-order valence-corrected chi connectivity index (χ4v) is 3.01. The van der Waals surface area contributed by atoms with Gasteiger partial charge in [0.1, 0.15) is 0 Å². The van der Waals surface area contributed by atoms with E-state index < -0.39 is 0 Å². The van der Waals surface area contributed by atoms with E-state index in [9.17, 15) is 4.79 Å². The molecule has 1 N–H and O–H groups in total. The fraction of sp³-hybridized carbons (Fsp3) is 0.611. The van der Waals surface area contributed by atoms with E-state index in [0.717, 1.165) is 56.7 Å². The quantitative estimate of drug-likeness (QED) is 0.864. The van der Waals surface area contributed by atoms with E-state index >= 15 is 0 Å². The van der Waals surface area contributed by atoms with Gasteiger partial charge in [-0.05, 0) is 36.5 Å². The second-order valence-electron chi connectivity index (χ2n) is 6.58. The second kappa shape index (κ2) is 7.75. The number of methoxy groups -OCH3 is 2. The Morgan fingerprint density at radius 2 is 1.83 bits per heavy atom. The van der Waals surface area contributed by atoms with Gasteiger partial charge < -0.3 is 19.7 Å². The van der Waals surface area contributed by atoms with Crippen molar-refractivity contribution < 1.29 is 14.3 Å². The monoisotopic (exact) mass is 333 g/mol. The van der Waals surface area contributed by atoms with Gasteiger partial charge in [-0.1, -0.05) is 6.07 Å². The molecule has 0 spiro atoms. The van der Waals surface area contributed by atoms with E-state index in [4.69, 9.17) is 9.47 Å². The van der Waals surface area contributed by atoms with Gasteiger partial charge in [-0.2, -0.15) is 0 Å². The number of hydrogen-bond acceptors (Lipinski definition) is 4. The lowest BCUT2D eigenvalue weighted by Gasteiger charge is -2.34. The molecular formula is C18H27N3O3. The van der Waals surface area contributed by atoms with Gasteiger partial charge >= 0.3 is 6.03 Å². The molecule has 0 bridgehead atoms. The third-order valence-corrected chi connectivity index (χ3v) is 4.75. The van der Waals surface area contributed by atoms with Gasteiger partial charge in [-0.25, -0.2) is 4.79 Å². The van der Waals surface area contributed by atoms with E-state index in [1.54, 1.807) is 14.2 Å². The van der Waals surface area contributed by atoms with Crippen LogP contribution in [0, 0.1) is 5.92 Å². The van der Waals surface area contributed by atoms with Crippen molar-refractivity contribution in [1.82, 2.24) is 15.1 Å². The Kier molecular flexibility index (Phi) is 5.45. The molecule has 1 heterocycles. The number of piperazine rings is 1. The summed E-state index contributed by atoms with van der Waals surface area (Å²) >= 11 is 0. The van der Waals surface area contributed by atoms with Crippen LogP contribution in [0.3, 0.4) is 0 Å². The molecule has 2 amide bonds. The summed E-state index contributed by atoms with van der Waals surface area (Å²) in [6.07, 6.45) is 2.53. The first kappa shape index (κ1) is 16.9. The summed E-state index contributed by atoms with van der Waals surface area (Å²) in [5.74, 6) is 2.23. The molecule has 132 valence electrons. The topological polar surface area (TPSA) is 54.0 Å². The molecule has 1 aliphatic carbocycles. The van der Waals surface area contributed by atoms with Crippen LogP contribution in [-0.2, 0) is 6.54 Å². The van der Waals surface area contributed by atoms with Gasteiger partial charge in [-0.15, -0.1) is 0 Å². The molecule has 1 saturated carbocycles. The van der Waals surface area contributed by atoms with Gasteiger partial charge in [-0.3, -0.25) is 4.90 Å². The third kappa shape index (κ3) is 4.32. The van der Waals surface area contributed by atoms with Gasteiger partial charge in [0.2, 0.25) is 0 Å². The fourth-order valence-electron chi connectivity index (χ4n) is 3.01. The minimum Gasteiger partial charge on any atom is -0.493 e. The summed E-state index contributed by atoms with van der Waals surface area (Å²) in [6.45, 7) is 5.05. The molecule has 1 saturated heterocycles. The minimum absolute atomic E-state index is 0.0904. The molecule has 1 aromatic carbocycles. The standard InChI is InChI=1S/C18H27N3O3/c1-23-16-6-5-15(11-17(16)24-2)13-20-7-9-21(10-8-20)18(22)19-12-14-3-4-14/h5-6,11,14H,3-4,7-10,12-13H2,1-2H3,(H,19,22). The summed E-state index contributed by atoms with van der Waals surface area (Å²) in [4.78, 5) is 16.4. The van der Waals surface area contributed by atoms with E-state index in [1.807, 2.05) is 17.0 Å². The summed E-state index contributed by atoms with van der Waals surface area (Å²) in [5, 5.41) is 3.04. The van der Waals surface area contributed by atoms with Crippen molar-refractivity contribution >= 4 is 6.03 Å². The molecule has 3 rings (SSSR count). The van der Waals surface area contributed by atoms with Crippen LogP contribution in [0.15, 0.2) is 18.2 Å². The smallest absolute Gasteiger partial charge is 0.317 e. The Morgan fingerprint density at radius 1 is 1.12 bits per heavy atom. The van der Waals surface area contributed by atoms with Crippen LogP contribution < -0.4 is 14.8 Å². The van der Waals surface area contributed by atoms with Crippen LogP contribution in [-0.4, -0.2) is 62.8 Å². The van der Waals surface area contributed by atoms with Gasteiger partial charge in [0.25, 0.3) is 0 Å². The summed E-state index contributed by atoms with van der Waals surface area (Å²) < 4.78 is 10.6. The zero-order chi connectivity index (χ0) is 16.9. The number of nitrogens with one attached hydrogen (secondary N) is 1. The predicted octanol–water partition coefficient (Wildman–Crippen LogP) is 1.94. The molecule has 0 radical (unpaired) electrons. The Hall–Kier alpha value is -1.95. The molecule has 6 nitrogen and oxygen atoms in total. The van der Waals surface area contributed by atoms with Crippen molar-refractivity contribution in [3.8, 4) is 11.5 Å². The highest BCUT2D eigenvalue weighted by Crippen LogP contribution is 2.28. The normalized spacial score (nSPS) is 18.3. The molecule has 1 aliphatic heterocycles. The summed E-state index contributed by atoms with van der Waals surface area (Å²) in [7, 11) is 3.30. The second-order valence-corrected chi connectivity index (χ2v) is 6.58. The molecule has 1 aromatic rings. The van der Waals surface area contributed by atoms with Gasteiger partial charge in [0.15, 0.2) is 11.5 Å². The first-order chi connectivity index (χ1) is 11.7. The number of nitrogens with zero attached hydrogens (tertiary/aromatic N) is 2. The highest BCUT2D eigenvalue weighted by Gasteiger charge is 2.25. The Morgan fingerprint density at radius 3 is 2.46 bits per heavy atom. The lowest BCUT2D eigenvalue weighted by molar-refractivity contribution is 0.135. The third-order valence-electron chi connectivity index (χ3n) is 4.75. The van der Waals surface area contributed by atoms with Crippen molar-refractivity contribution in [2.24, 2.45) is 5.92 Å². The van der Waals surface area contributed by atoms with Crippen LogP contribution in [0.2, 0.25) is 0 Å². The van der Waals surface area contributed by atoms with Crippen LogP contribution in [0.5, 0.6) is 11.5 Å². The van der Waals surface area contributed by atoms with Crippen LogP contribution in [0.4, 0.5) is 4.79 Å². The minimum atomic E-state index is 0.0904. The van der Waals surface area contributed by atoms with Crippen molar-refractivity contribution in [3.05, 3.63) is 23.8 Å². The first-order valence-electron chi connectivity index (χ1n) is 8.65. The first-order valence-corrected chi connectivity index (χ1v) is 8.65. The number of amides is 2. The largest absolute Gasteiger partial charge is 0.493 e. The number of hydrogen-bond donors (Lipinski definition) is 1. The average molecular weight is 333 g/mol. The van der Waals surface area contributed by atoms with E-state index in [-0.39, 0.29) is 6.03 Å². The van der Waals surface area contributed by atoms with E-state index in [1.165, 1.54) is 18.4 Å². The van der Waals surface area contributed by atoms with Crippen molar-refractivity contribution in [2.45, 2.75) is 19.4 Å². The Bertz CT molecular complexity index is 567. The maximum atomic E-state index is 12.1. The van der Waals surface area contributed by atoms with Gasteiger partial charge in [0.05, 0.1) is 14.2 Å². The van der Waals surface area contributed by atoms with Gasteiger partial charge in [0, 0.05) is 39.3 Å². The lowest BCUT2D eigenvalue weighted by atomic mass is 10.1.